The van der Waals surface area contributed by atoms with Crippen molar-refractivity contribution in [3.8, 4) is 5.75 Å². The number of nitrogens with zero attached hydrogens (tertiary/aromatic N) is 2. The first kappa shape index (κ1) is 13.4. The van der Waals surface area contributed by atoms with Gasteiger partial charge in [0.25, 0.3) is 5.91 Å². The van der Waals surface area contributed by atoms with Gasteiger partial charge in [0.2, 0.25) is 0 Å². The minimum atomic E-state index is -0.102. The second-order valence-electron chi connectivity index (χ2n) is 5.99. The first-order valence-corrected chi connectivity index (χ1v) is 7.88. The fourth-order valence-electron chi connectivity index (χ4n) is 3.21. The Kier molecular flexibility index (Phi) is 3.33. The van der Waals surface area contributed by atoms with E-state index in [1.165, 1.54) is 12.1 Å². The Labute approximate surface area is 129 Å². The zero-order valence-corrected chi connectivity index (χ0v) is 12.4. The van der Waals surface area contributed by atoms with E-state index in [0.29, 0.717) is 12.3 Å². The molecular weight excluding hydrogens is 278 g/mol. The quantitative estimate of drug-likeness (QED) is 0.922. The zero-order chi connectivity index (χ0) is 14.9. The first-order valence-electron chi connectivity index (χ1n) is 7.88. The predicted octanol–water partition coefficient (Wildman–Crippen LogP) is 1.95. The van der Waals surface area contributed by atoms with Crippen LogP contribution < -0.4 is 10.1 Å². The van der Waals surface area contributed by atoms with Crippen molar-refractivity contribution in [3.05, 3.63) is 47.3 Å². The molecule has 2 aliphatic heterocycles. The van der Waals surface area contributed by atoms with Gasteiger partial charge in [-0.15, -0.1) is 0 Å². The molecule has 1 amide bonds. The number of nitrogens with one attached hydrogen (secondary N) is 1. The van der Waals surface area contributed by atoms with Crippen molar-refractivity contribution < 1.29 is 9.53 Å². The monoisotopic (exact) mass is 297 g/mol. The number of amides is 1. The lowest BCUT2D eigenvalue weighted by Gasteiger charge is -2.25. The second-order valence-corrected chi connectivity index (χ2v) is 5.99. The number of aryl methyl sites for hydroxylation is 2. The summed E-state index contributed by atoms with van der Waals surface area (Å²) in [6, 6.07) is 9.90. The Hall–Kier alpha value is -2.30. The molecule has 5 heteroatoms. The molecule has 0 bridgehead atoms. The molecule has 22 heavy (non-hydrogen) atoms. The number of carbonyl (C=O) groups excluding carboxylic acids is 1. The molecule has 5 nitrogen and oxygen atoms in total. The van der Waals surface area contributed by atoms with Gasteiger partial charge in [-0.1, -0.05) is 18.2 Å². The Morgan fingerprint density at radius 1 is 1.32 bits per heavy atom. The van der Waals surface area contributed by atoms with E-state index in [2.05, 4.69) is 10.4 Å². The van der Waals surface area contributed by atoms with Gasteiger partial charge in [-0.3, -0.25) is 9.48 Å². The predicted molar refractivity (Wildman–Crippen MR) is 82.1 cm³/mol. The van der Waals surface area contributed by atoms with Gasteiger partial charge in [-0.2, -0.15) is 5.10 Å². The van der Waals surface area contributed by atoms with Crippen molar-refractivity contribution in [2.24, 2.45) is 0 Å². The summed E-state index contributed by atoms with van der Waals surface area (Å²) in [6.07, 6.45) is 4.14. The van der Waals surface area contributed by atoms with Crippen LogP contribution in [-0.2, 0) is 19.4 Å². The summed E-state index contributed by atoms with van der Waals surface area (Å²) in [5, 5.41) is 7.47. The molecule has 0 saturated heterocycles. The Morgan fingerprint density at radius 3 is 3.14 bits per heavy atom. The molecule has 2 aromatic rings. The van der Waals surface area contributed by atoms with Crippen molar-refractivity contribution in [3.63, 3.8) is 0 Å². The van der Waals surface area contributed by atoms with Crippen LogP contribution in [0.1, 0.15) is 34.6 Å². The lowest BCUT2D eigenvalue weighted by molar-refractivity contribution is 0.0909. The highest BCUT2D eigenvalue weighted by Gasteiger charge is 2.23. The fourth-order valence-corrected chi connectivity index (χ4v) is 3.21. The largest absolute Gasteiger partial charge is 0.491 e. The number of ether oxygens (including phenoxy) is 1. The summed E-state index contributed by atoms with van der Waals surface area (Å²) in [4.78, 5) is 12.4. The molecule has 0 radical (unpaired) electrons. The Morgan fingerprint density at radius 2 is 2.23 bits per heavy atom. The molecule has 1 atom stereocenters. The maximum absolute atomic E-state index is 12.4. The summed E-state index contributed by atoms with van der Waals surface area (Å²) in [7, 11) is 0. The summed E-state index contributed by atoms with van der Waals surface area (Å²) in [5.74, 6) is 0.820. The van der Waals surface area contributed by atoms with Crippen molar-refractivity contribution in [1.82, 2.24) is 15.1 Å². The average Bonchev–Trinajstić information content (AvgIpc) is 2.99. The van der Waals surface area contributed by atoms with Gasteiger partial charge < -0.3 is 10.1 Å². The van der Waals surface area contributed by atoms with Gasteiger partial charge >= 0.3 is 0 Å². The number of fused-ring (bicyclic) bond motifs is 2. The molecule has 0 aliphatic carbocycles. The SMILES string of the molecule is O=C(N[C@H]1COc2ccccc2C1)c1cc2n(n1)CCCC2. The number of benzene rings is 1. The number of hydrogen-bond donors (Lipinski definition) is 1. The third-order valence-electron chi connectivity index (χ3n) is 4.36. The van der Waals surface area contributed by atoms with E-state index < -0.39 is 0 Å². The maximum atomic E-state index is 12.4. The van der Waals surface area contributed by atoms with Gasteiger partial charge in [0.05, 0.1) is 6.04 Å². The van der Waals surface area contributed by atoms with Gasteiger partial charge in [0.15, 0.2) is 0 Å². The summed E-state index contributed by atoms with van der Waals surface area (Å²) >= 11 is 0. The van der Waals surface area contributed by atoms with Crippen molar-refractivity contribution in [2.75, 3.05) is 6.61 Å². The van der Waals surface area contributed by atoms with E-state index in [9.17, 15) is 4.79 Å². The lowest BCUT2D eigenvalue weighted by Crippen LogP contribution is -2.42. The highest BCUT2D eigenvalue weighted by atomic mass is 16.5. The van der Waals surface area contributed by atoms with Gasteiger partial charge in [-0.25, -0.2) is 0 Å². The summed E-state index contributed by atoms with van der Waals surface area (Å²) in [5.41, 5.74) is 2.83. The topological polar surface area (TPSA) is 56.1 Å². The smallest absolute Gasteiger partial charge is 0.272 e. The van der Waals surface area contributed by atoms with Crippen LogP contribution >= 0.6 is 0 Å². The number of carbonyl (C=O) groups is 1. The van der Waals surface area contributed by atoms with Crippen LogP contribution in [0.4, 0.5) is 0 Å². The molecule has 1 aromatic carbocycles. The average molecular weight is 297 g/mol. The van der Waals surface area contributed by atoms with Crippen LogP contribution in [0, 0.1) is 0 Å². The molecule has 0 unspecified atom stereocenters. The van der Waals surface area contributed by atoms with Gasteiger partial charge in [0, 0.05) is 12.2 Å². The highest BCUT2D eigenvalue weighted by Crippen LogP contribution is 2.24. The third-order valence-corrected chi connectivity index (χ3v) is 4.36. The number of rotatable bonds is 2. The molecule has 4 rings (SSSR count). The van der Waals surface area contributed by atoms with E-state index in [1.807, 2.05) is 35.0 Å². The molecule has 0 saturated carbocycles. The number of aromatic nitrogens is 2. The minimum absolute atomic E-state index is 0.00104. The molecule has 114 valence electrons. The summed E-state index contributed by atoms with van der Waals surface area (Å²) in [6.45, 7) is 1.43. The fraction of sp³-hybridized carbons (Fsp3) is 0.412. The first-order chi connectivity index (χ1) is 10.8. The van der Waals surface area contributed by atoms with Crippen molar-refractivity contribution in [1.29, 1.82) is 0 Å². The van der Waals surface area contributed by atoms with Crippen LogP contribution in [0.3, 0.4) is 0 Å². The van der Waals surface area contributed by atoms with Crippen LogP contribution in [0.25, 0.3) is 0 Å². The summed E-state index contributed by atoms with van der Waals surface area (Å²) < 4.78 is 7.68. The minimum Gasteiger partial charge on any atom is -0.491 e. The molecule has 0 fully saturated rings. The zero-order valence-electron chi connectivity index (χ0n) is 12.4. The molecule has 3 heterocycles. The van der Waals surface area contributed by atoms with Crippen LogP contribution in [0.15, 0.2) is 30.3 Å². The van der Waals surface area contributed by atoms with Crippen molar-refractivity contribution >= 4 is 5.91 Å². The highest BCUT2D eigenvalue weighted by molar-refractivity contribution is 5.92. The molecule has 1 aromatic heterocycles. The van der Waals surface area contributed by atoms with Crippen LogP contribution in [0.2, 0.25) is 0 Å². The van der Waals surface area contributed by atoms with E-state index in [4.69, 9.17) is 4.74 Å². The van der Waals surface area contributed by atoms with Gasteiger partial charge in [0.1, 0.15) is 18.1 Å². The van der Waals surface area contributed by atoms with E-state index in [-0.39, 0.29) is 11.9 Å². The molecular formula is C17H19N3O2. The van der Waals surface area contributed by atoms with E-state index in [0.717, 1.165) is 37.1 Å². The third kappa shape index (κ3) is 2.47. The number of hydrogen-bond acceptors (Lipinski definition) is 3. The van der Waals surface area contributed by atoms with Crippen LogP contribution in [-0.4, -0.2) is 28.3 Å². The van der Waals surface area contributed by atoms with Gasteiger partial charge in [-0.05, 0) is 43.4 Å². The van der Waals surface area contributed by atoms with Crippen molar-refractivity contribution in [2.45, 2.75) is 38.3 Å². The van der Waals surface area contributed by atoms with E-state index >= 15 is 0 Å². The normalized spacial score (nSPS) is 19.7. The Bertz CT molecular complexity index is 684. The number of para-hydroxylation sites is 1. The lowest BCUT2D eigenvalue weighted by atomic mass is 10.0. The van der Waals surface area contributed by atoms with E-state index in [1.54, 1.807) is 0 Å². The Balaban J connectivity index is 1.45. The standard InChI is InChI=1S/C17H19N3O2/c21-17(15-10-14-6-3-4-8-20(14)19-15)18-13-9-12-5-1-2-7-16(12)22-11-13/h1-2,5,7,10,13H,3-4,6,8-9,11H2,(H,18,21)/t13-/m1/s1. The van der Waals surface area contributed by atoms with Crippen LogP contribution in [0.5, 0.6) is 5.75 Å². The molecule has 2 aliphatic rings. The maximum Gasteiger partial charge on any atom is 0.272 e. The molecule has 1 N–H and O–H groups in total. The molecule has 0 spiro atoms. The second kappa shape index (κ2) is 5.48.